The number of ether oxygens (including phenoxy) is 1. The number of amides is 1. The largest absolute Gasteiger partial charge is 0.467 e. The predicted octanol–water partition coefficient (Wildman–Crippen LogP) is -0.781. The lowest BCUT2D eigenvalue weighted by Crippen LogP contribution is -2.44. The summed E-state index contributed by atoms with van der Waals surface area (Å²) in [5.74, 6) is -1.04. The van der Waals surface area contributed by atoms with Crippen molar-refractivity contribution in [3.63, 3.8) is 0 Å². The predicted molar refractivity (Wildman–Crippen MR) is 62.8 cm³/mol. The van der Waals surface area contributed by atoms with E-state index in [-0.39, 0.29) is 12.3 Å². The first-order valence-electron chi connectivity index (χ1n) is 5.48. The van der Waals surface area contributed by atoms with E-state index in [9.17, 15) is 9.59 Å². The van der Waals surface area contributed by atoms with Gasteiger partial charge in [0.2, 0.25) is 5.91 Å². The topological polar surface area (TPSA) is 104 Å². The van der Waals surface area contributed by atoms with Crippen LogP contribution in [-0.4, -0.2) is 46.9 Å². The Kier molecular flexibility index (Phi) is 4.85. The van der Waals surface area contributed by atoms with Crippen LogP contribution < -0.4 is 5.32 Å². The normalized spacial score (nSPS) is 12.0. The van der Waals surface area contributed by atoms with Gasteiger partial charge in [-0.3, -0.25) is 9.89 Å². The van der Waals surface area contributed by atoms with Crippen LogP contribution in [0.25, 0.3) is 0 Å². The Morgan fingerprint density at radius 3 is 2.61 bits per heavy atom. The summed E-state index contributed by atoms with van der Waals surface area (Å²) in [5.41, 5.74) is 2.33. The van der Waals surface area contributed by atoms with Crippen LogP contribution in [0.2, 0.25) is 0 Å². The fourth-order valence-corrected chi connectivity index (χ4v) is 1.56. The van der Waals surface area contributed by atoms with Gasteiger partial charge in [0.15, 0.2) is 6.04 Å². The summed E-state index contributed by atoms with van der Waals surface area (Å²) in [7, 11) is 1.20. The van der Waals surface area contributed by atoms with Gasteiger partial charge in [-0.05, 0) is 13.8 Å². The van der Waals surface area contributed by atoms with Crippen molar-refractivity contribution in [2.75, 3.05) is 13.7 Å². The molecule has 7 nitrogen and oxygen atoms in total. The zero-order valence-electron chi connectivity index (χ0n) is 10.6. The van der Waals surface area contributed by atoms with Gasteiger partial charge < -0.3 is 15.2 Å². The molecule has 1 aromatic heterocycles. The average Bonchev–Trinajstić information content (AvgIpc) is 2.66. The van der Waals surface area contributed by atoms with Crippen molar-refractivity contribution in [1.29, 1.82) is 0 Å². The number of aryl methyl sites for hydroxylation is 2. The van der Waals surface area contributed by atoms with Gasteiger partial charge in [-0.1, -0.05) is 0 Å². The lowest BCUT2D eigenvalue weighted by atomic mass is 10.1. The van der Waals surface area contributed by atoms with Gasteiger partial charge in [0.25, 0.3) is 0 Å². The molecule has 0 aliphatic heterocycles. The Morgan fingerprint density at radius 2 is 2.17 bits per heavy atom. The number of hydrogen-bond acceptors (Lipinski definition) is 5. The Balaban J connectivity index is 2.64. The number of aliphatic hydroxyl groups excluding tert-OH is 1. The van der Waals surface area contributed by atoms with Crippen LogP contribution in [0.15, 0.2) is 0 Å². The Labute approximate surface area is 105 Å². The highest BCUT2D eigenvalue weighted by molar-refractivity contribution is 5.85. The molecule has 3 N–H and O–H groups in total. The van der Waals surface area contributed by atoms with Crippen molar-refractivity contribution >= 4 is 11.9 Å². The highest BCUT2D eigenvalue weighted by atomic mass is 16.5. The molecule has 1 amide bonds. The summed E-state index contributed by atoms with van der Waals surface area (Å²) >= 11 is 0. The molecule has 1 unspecified atom stereocenters. The van der Waals surface area contributed by atoms with E-state index in [4.69, 9.17) is 5.11 Å². The molecule has 0 aromatic carbocycles. The first-order chi connectivity index (χ1) is 8.49. The number of nitrogens with one attached hydrogen (secondary N) is 2. The van der Waals surface area contributed by atoms with E-state index in [1.165, 1.54) is 7.11 Å². The highest BCUT2D eigenvalue weighted by Gasteiger charge is 2.21. The fourth-order valence-electron chi connectivity index (χ4n) is 1.56. The number of H-pyrrole nitrogens is 1. The van der Waals surface area contributed by atoms with E-state index < -0.39 is 18.6 Å². The maximum absolute atomic E-state index is 11.7. The van der Waals surface area contributed by atoms with E-state index in [1.54, 1.807) is 6.92 Å². The van der Waals surface area contributed by atoms with Gasteiger partial charge in [0.05, 0.1) is 25.8 Å². The number of aromatic nitrogens is 2. The molecule has 7 heteroatoms. The lowest BCUT2D eigenvalue weighted by molar-refractivity contribution is -0.146. The summed E-state index contributed by atoms with van der Waals surface area (Å²) in [6.07, 6.45) is 0.0989. The van der Waals surface area contributed by atoms with Crippen LogP contribution in [0, 0.1) is 13.8 Å². The second-order valence-electron chi connectivity index (χ2n) is 3.92. The van der Waals surface area contributed by atoms with Crippen LogP contribution in [-0.2, 0) is 20.7 Å². The van der Waals surface area contributed by atoms with Gasteiger partial charge in [-0.25, -0.2) is 4.79 Å². The number of nitrogens with zero attached hydrogens (tertiary/aromatic N) is 1. The van der Waals surface area contributed by atoms with Crippen LogP contribution in [0.5, 0.6) is 0 Å². The van der Waals surface area contributed by atoms with Crippen LogP contribution in [0.4, 0.5) is 0 Å². The van der Waals surface area contributed by atoms with E-state index in [2.05, 4.69) is 20.3 Å². The molecule has 0 saturated heterocycles. The van der Waals surface area contributed by atoms with E-state index in [1.807, 2.05) is 6.92 Å². The van der Waals surface area contributed by atoms with Gasteiger partial charge >= 0.3 is 5.97 Å². The number of carbonyl (C=O) groups excluding carboxylic acids is 2. The van der Waals surface area contributed by atoms with Gasteiger partial charge in [-0.2, -0.15) is 5.10 Å². The summed E-state index contributed by atoms with van der Waals surface area (Å²) in [5, 5.41) is 18.1. The first kappa shape index (κ1) is 14.2. The van der Waals surface area contributed by atoms with E-state index in [0.717, 1.165) is 17.0 Å². The molecule has 0 radical (unpaired) electrons. The molecular weight excluding hydrogens is 238 g/mol. The Bertz CT molecular complexity index is 422. The number of aliphatic hydroxyl groups is 1. The zero-order chi connectivity index (χ0) is 13.7. The third kappa shape index (κ3) is 3.30. The number of methoxy groups -OCH3 is 1. The molecular formula is C11H17N3O4. The maximum atomic E-state index is 11.7. The minimum Gasteiger partial charge on any atom is -0.467 e. The summed E-state index contributed by atoms with van der Waals surface area (Å²) in [4.78, 5) is 22.9. The van der Waals surface area contributed by atoms with Crippen molar-refractivity contribution in [2.24, 2.45) is 0 Å². The molecule has 1 aromatic rings. The van der Waals surface area contributed by atoms with Gasteiger partial charge in [0, 0.05) is 11.3 Å². The molecule has 0 saturated carbocycles. The monoisotopic (exact) mass is 255 g/mol. The van der Waals surface area contributed by atoms with Gasteiger partial charge in [-0.15, -0.1) is 0 Å². The molecule has 0 fully saturated rings. The third-order valence-corrected chi connectivity index (χ3v) is 2.62. The van der Waals surface area contributed by atoms with Crippen molar-refractivity contribution in [2.45, 2.75) is 26.3 Å². The SMILES string of the molecule is COC(=O)C(CO)NC(=O)Cc1c(C)n[nH]c1C. The molecule has 0 aliphatic rings. The number of hydrogen-bond donors (Lipinski definition) is 3. The standard InChI is InChI=1S/C11H17N3O4/c1-6-8(7(2)14-13-6)4-10(16)12-9(5-15)11(17)18-3/h9,15H,4-5H2,1-3H3,(H,12,16)(H,13,14). The summed E-state index contributed by atoms with van der Waals surface area (Å²) < 4.78 is 4.45. The quantitative estimate of drug-likeness (QED) is 0.599. The second kappa shape index (κ2) is 6.15. The maximum Gasteiger partial charge on any atom is 0.330 e. The second-order valence-corrected chi connectivity index (χ2v) is 3.92. The van der Waals surface area contributed by atoms with Crippen molar-refractivity contribution in [1.82, 2.24) is 15.5 Å². The molecule has 100 valence electrons. The molecule has 0 bridgehead atoms. The Hall–Kier alpha value is -1.89. The first-order valence-corrected chi connectivity index (χ1v) is 5.48. The molecule has 18 heavy (non-hydrogen) atoms. The molecule has 0 aliphatic carbocycles. The number of rotatable bonds is 5. The van der Waals surface area contributed by atoms with Crippen LogP contribution >= 0.6 is 0 Å². The fraction of sp³-hybridized carbons (Fsp3) is 0.545. The molecule has 1 heterocycles. The third-order valence-electron chi connectivity index (χ3n) is 2.62. The average molecular weight is 255 g/mol. The lowest BCUT2D eigenvalue weighted by Gasteiger charge is -2.13. The number of carbonyl (C=O) groups is 2. The van der Waals surface area contributed by atoms with Crippen molar-refractivity contribution in [3.05, 3.63) is 17.0 Å². The summed E-state index contributed by atoms with van der Waals surface area (Å²) in [6, 6.07) is -1.03. The Morgan fingerprint density at radius 1 is 1.50 bits per heavy atom. The smallest absolute Gasteiger partial charge is 0.330 e. The summed E-state index contributed by atoms with van der Waals surface area (Å²) in [6.45, 7) is 3.10. The highest BCUT2D eigenvalue weighted by Crippen LogP contribution is 2.09. The van der Waals surface area contributed by atoms with Crippen molar-refractivity contribution < 1.29 is 19.4 Å². The molecule has 1 atom stereocenters. The van der Waals surface area contributed by atoms with E-state index >= 15 is 0 Å². The minimum atomic E-state index is -1.03. The number of aromatic amines is 1. The molecule has 1 rings (SSSR count). The number of esters is 1. The molecule has 0 spiro atoms. The van der Waals surface area contributed by atoms with Crippen LogP contribution in [0.3, 0.4) is 0 Å². The zero-order valence-corrected chi connectivity index (χ0v) is 10.6. The minimum absolute atomic E-state index is 0.0989. The van der Waals surface area contributed by atoms with Crippen molar-refractivity contribution in [3.8, 4) is 0 Å². The van der Waals surface area contributed by atoms with Gasteiger partial charge in [0.1, 0.15) is 0 Å². The van der Waals surface area contributed by atoms with Crippen LogP contribution in [0.1, 0.15) is 17.0 Å². The van der Waals surface area contributed by atoms with E-state index in [0.29, 0.717) is 0 Å².